The number of methoxy groups -OCH3 is 1. The first-order valence-electron chi connectivity index (χ1n) is 9.02. The van der Waals surface area contributed by atoms with Gasteiger partial charge in [0.15, 0.2) is 0 Å². The van der Waals surface area contributed by atoms with E-state index in [1.807, 2.05) is 54.6 Å². The van der Waals surface area contributed by atoms with Gasteiger partial charge in [0.1, 0.15) is 23.4 Å². The van der Waals surface area contributed by atoms with Gasteiger partial charge >= 0.3 is 5.97 Å². The van der Waals surface area contributed by atoms with Crippen molar-refractivity contribution in [2.24, 2.45) is 0 Å². The molecule has 1 saturated heterocycles. The smallest absolute Gasteiger partial charge is 0.306 e. The first kappa shape index (κ1) is 18.3. The van der Waals surface area contributed by atoms with E-state index >= 15 is 0 Å². The molecule has 0 radical (unpaired) electrons. The quantitative estimate of drug-likeness (QED) is 0.705. The minimum Gasteiger partial charge on any atom is -0.490 e. The summed E-state index contributed by atoms with van der Waals surface area (Å²) >= 11 is 0. The molecule has 0 bridgehead atoms. The molecule has 1 aliphatic heterocycles. The number of carbonyl (C=O) groups is 1. The highest BCUT2D eigenvalue weighted by atomic mass is 16.5. The van der Waals surface area contributed by atoms with Crippen LogP contribution in [0, 0.1) is 0 Å². The lowest BCUT2D eigenvalue weighted by atomic mass is 10.1. The summed E-state index contributed by atoms with van der Waals surface area (Å²) in [4.78, 5) is 13.5. The Bertz CT molecular complexity index is 679. The second kappa shape index (κ2) is 9.25. The van der Waals surface area contributed by atoms with Crippen molar-refractivity contribution in [1.29, 1.82) is 0 Å². The van der Waals surface area contributed by atoms with E-state index in [2.05, 4.69) is 9.64 Å². The summed E-state index contributed by atoms with van der Waals surface area (Å²) in [6, 6.07) is 17.5. The Morgan fingerprint density at radius 2 is 1.58 bits per heavy atom. The molecule has 0 aromatic heterocycles. The Morgan fingerprint density at radius 1 is 0.962 bits per heavy atom. The molecule has 26 heavy (non-hydrogen) atoms. The van der Waals surface area contributed by atoms with Gasteiger partial charge in [-0.05, 0) is 49.2 Å². The minimum atomic E-state index is -0.152. The summed E-state index contributed by atoms with van der Waals surface area (Å²) in [7, 11) is 1.43. The maximum absolute atomic E-state index is 11.2. The van der Waals surface area contributed by atoms with Crippen LogP contribution in [-0.4, -0.2) is 43.7 Å². The van der Waals surface area contributed by atoms with Crippen LogP contribution in [0.1, 0.15) is 19.3 Å². The highest BCUT2D eigenvalue weighted by molar-refractivity contribution is 5.69. The maximum atomic E-state index is 11.2. The summed E-state index contributed by atoms with van der Waals surface area (Å²) in [5, 5.41) is 0. The molecular weight excluding hydrogens is 330 g/mol. The average Bonchev–Trinajstić information content (AvgIpc) is 2.69. The fraction of sp³-hybridized carbons (Fsp3) is 0.381. The van der Waals surface area contributed by atoms with Crippen LogP contribution in [0.25, 0.3) is 0 Å². The van der Waals surface area contributed by atoms with Gasteiger partial charge in [0.25, 0.3) is 0 Å². The topological polar surface area (TPSA) is 48.0 Å². The van der Waals surface area contributed by atoms with Crippen LogP contribution in [0.15, 0.2) is 54.6 Å². The third-order valence-electron chi connectivity index (χ3n) is 4.50. The molecule has 0 saturated carbocycles. The number of nitrogens with zero attached hydrogens (tertiary/aromatic N) is 1. The van der Waals surface area contributed by atoms with Crippen LogP contribution in [-0.2, 0) is 9.53 Å². The van der Waals surface area contributed by atoms with Gasteiger partial charge in [-0.1, -0.05) is 18.2 Å². The average molecular weight is 355 g/mol. The summed E-state index contributed by atoms with van der Waals surface area (Å²) in [6.07, 6.45) is 2.59. The molecule has 1 fully saturated rings. The van der Waals surface area contributed by atoms with Crippen LogP contribution in [0.4, 0.5) is 0 Å². The number of hydrogen-bond donors (Lipinski definition) is 0. The maximum Gasteiger partial charge on any atom is 0.306 e. The zero-order valence-electron chi connectivity index (χ0n) is 15.1. The van der Waals surface area contributed by atoms with E-state index in [1.165, 1.54) is 7.11 Å². The van der Waals surface area contributed by atoms with E-state index in [9.17, 15) is 4.79 Å². The largest absolute Gasteiger partial charge is 0.490 e. The molecule has 1 heterocycles. The molecule has 5 nitrogen and oxygen atoms in total. The van der Waals surface area contributed by atoms with Crippen molar-refractivity contribution in [1.82, 2.24) is 4.90 Å². The summed E-state index contributed by atoms with van der Waals surface area (Å²) in [5.41, 5.74) is 0. The predicted octanol–water partition coefficient (Wildman–Crippen LogP) is 3.89. The third-order valence-corrected chi connectivity index (χ3v) is 4.50. The Balaban J connectivity index is 1.43. The van der Waals surface area contributed by atoms with Crippen molar-refractivity contribution in [3.63, 3.8) is 0 Å². The number of rotatable bonds is 7. The molecule has 0 aliphatic carbocycles. The first-order chi connectivity index (χ1) is 12.7. The predicted molar refractivity (Wildman–Crippen MR) is 99.7 cm³/mol. The van der Waals surface area contributed by atoms with Gasteiger partial charge in [0.05, 0.1) is 13.5 Å². The lowest BCUT2D eigenvalue weighted by Crippen LogP contribution is -2.39. The van der Waals surface area contributed by atoms with E-state index in [-0.39, 0.29) is 12.1 Å². The molecule has 5 heteroatoms. The first-order valence-corrected chi connectivity index (χ1v) is 9.02. The molecule has 2 aromatic carbocycles. The highest BCUT2D eigenvalue weighted by Gasteiger charge is 2.21. The molecule has 3 rings (SSSR count). The fourth-order valence-corrected chi connectivity index (χ4v) is 3.01. The van der Waals surface area contributed by atoms with Gasteiger partial charge in [-0.2, -0.15) is 0 Å². The summed E-state index contributed by atoms with van der Waals surface area (Å²) in [6.45, 7) is 2.64. The zero-order chi connectivity index (χ0) is 18.2. The Hall–Kier alpha value is -2.53. The molecule has 138 valence electrons. The van der Waals surface area contributed by atoms with Crippen molar-refractivity contribution in [3.8, 4) is 17.2 Å². The van der Waals surface area contributed by atoms with Crippen LogP contribution in [0.3, 0.4) is 0 Å². The number of esters is 1. The second-order valence-corrected chi connectivity index (χ2v) is 6.37. The Kier molecular flexibility index (Phi) is 6.50. The van der Waals surface area contributed by atoms with Crippen LogP contribution in [0.2, 0.25) is 0 Å². The van der Waals surface area contributed by atoms with Crippen LogP contribution < -0.4 is 9.47 Å². The van der Waals surface area contributed by atoms with E-state index in [0.717, 1.165) is 49.7 Å². The molecule has 0 amide bonds. The molecule has 0 N–H and O–H groups in total. The lowest BCUT2D eigenvalue weighted by Gasteiger charge is -2.31. The lowest BCUT2D eigenvalue weighted by molar-refractivity contribution is -0.141. The Labute approximate surface area is 154 Å². The monoisotopic (exact) mass is 355 g/mol. The number of piperidine rings is 1. The summed E-state index contributed by atoms with van der Waals surface area (Å²) in [5.74, 6) is 2.32. The van der Waals surface area contributed by atoms with Crippen molar-refractivity contribution in [3.05, 3.63) is 54.6 Å². The van der Waals surface area contributed by atoms with Crippen LogP contribution in [0.5, 0.6) is 17.2 Å². The van der Waals surface area contributed by atoms with E-state index in [0.29, 0.717) is 6.42 Å². The van der Waals surface area contributed by atoms with Gasteiger partial charge in [0, 0.05) is 19.6 Å². The van der Waals surface area contributed by atoms with E-state index in [4.69, 9.17) is 9.47 Å². The molecule has 2 aromatic rings. The molecule has 0 spiro atoms. The van der Waals surface area contributed by atoms with Gasteiger partial charge in [-0.25, -0.2) is 0 Å². The SMILES string of the molecule is COC(=O)CCN1CCC(Oc2ccc(Oc3ccccc3)cc2)CC1. The number of likely N-dealkylation sites (tertiary alicyclic amines) is 1. The molecule has 0 unspecified atom stereocenters. The van der Waals surface area contributed by atoms with Crippen LogP contribution >= 0.6 is 0 Å². The number of benzene rings is 2. The molecule has 0 atom stereocenters. The highest BCUT2D eigenvalue weighted by Crippen LogP contribution is 2.25. The van der Waals surface area contributed by atoms with Gasteiger partial charge < -0.3 is 19.1 Å². The number of ether oxygens (including phenoxy) is 3. The second-order valence-electron chi connectivity index (χ2n) is 6.37. The van der Waals surface area contributed by atoms with Gasteiger partial charge in [-0.3, -0.25) is 4.79 Å². The Morgan fingerprint density at radius 3 is 2.23 bits per heavy atom. The summed E-state index contributed by atoms with van der Waals surface area (Å²) < 4.78 is 16.6. The van der Waals surface area contributed by atoms with Crippen molar-refractivity contribution >= 4 is 5.97 Å². The molecular formula is C21H25NO4. The minimum absolute atomic E-state index is 0.152. The number of hydrogen-bond acceptors (Lipinski definition) is 5. The van der Waals surface area contributed by atoms with Crippen molar-refractivity contribution in [2.45, 2.75) is 25.4 Å². The van der Waals surface area contributed by atoms with Crippen molar-refractivity contribution in [2.75, 3.05) is 26.7 Å². The molecule has 1 aliphatic rings. The van der Waals surface area contributed by atoms with E-state index < -0.39 is 0 Å². The van der Waals surface area contributed by atoms with E-state index in [1.54, 1.807) is 0 Å². The van der Waals surface area contributed by atoms with Gasteiger partial charge in [-0.15, -0.1) is 0 Å². The number of para-hydroxylation sites is 1. The fourth-order valence-electron chi connectivity index (χ4n) is 3.01. The third kappa shape index (κ3) is 5.49. The van der Waals surface area contributed by atoms with Crippen molar-refractivity contribution < 1.29 is 19.0 Å². The van der Waals surface area contributed by atoms with Gasteiger partial charge in [0.2, 0.25) is 0 Å². The normalized spacial score (nSPS) is 15.4. The number of carbonyl (C=O) groups excluding carboxylic acids is 1. The zero-order valence-corrected chi connectivity index (χ0v) is 15.1. The standard InChI is InChI=1S/C21H25NO4/c1-24-21(23)13-16-22-14-11-20(12-15-22)26-19-9-7-18(8-10-19)25-17-5-3-2-4-6-17/h2-10,20H,11-16H2,1H3.